The van der Waals surface area contributed by atoms with Crippen LogP contribution in [0.5, 0.6) is 11.5 Å². The van der Waals surface area contributed by atoms with E-state index in [4.69, 9.17) is 9.47 Å². The molecule has 0 unspecified atom stereocenters. The SMILES string of the molecule is CCCCCCCCCCCCOc1ccc(C(=O)Oc2ccc(C(=O)/C=C/c3ccccc3[N+](=O)[O-])cc2)cc1. The van der Waals surface area contributed by atoms with E-state index in [-0.39, 0.29) is 11.5 Å². The van der Waals surface area contributed by atoms with Crippen molar-refractivity contribution in [3.05, 3.63) is 106 Å². The lowest BCUT2D eigenvalue weighted by atomic mass is 10.1. The smallest absolute Gasteiger partial charge is 0.343 e. The lowest BCUT2D eigenvalue weighted by Gasteiger charge is -2.08. The molecule has 0 aromatic heterocycles. The van der Waals surface area contributed by atoms with E-state index in [0.29, 0.717) is 34.8 Å². The fourth-order valence-electron chi connectivity index (χ4n) is 4.38. The number of carbonyl (C=O) groups is 2. The molecule has 0 amide bonds. The van der Waals surface area contributed by atoms with Crippen molar-refractivity contribution in [2.24, 2.45) is 0 Å². The predicted octanol–water partition coefficient (Wildman–Crippen LogP) is 9.01. The van der Waals surface area contributed by atoms with E-state index in [9.17, 15) is 19.7 Å². The number of rotatable bonds is 18. The molecule has 0 aliphatic rings. The maximum absolute atomic E-state index is 12.6. The summed E-state index contributed by atoms with van der Waals surface area (Å²) in [5.41, 5.74) is 1.02. The summed E-state index contributed by atoms with van der Waals surface area (Å²) >= 11 is 0. The second-order valence-corrected chi connectivity index (χ2v) is 9.98. The van der Waals surface area contributed by atoms with Crippen LogP contribution < -0.4 is 9.47 Å². The second kappa shape index (κ2) is 17.4. The van der Waals surface area contributed by atoms with Crippen molar-refractivity contribution in [3.63, 3.8) is 0 Å². The number of nitro benzene ring substituents is 1. The molecule has 0 radical (unpaired) electrons. The number of ether oxygens (including phenoxy) is 2. The number of ketones is 1. The minimum Gasteiger partial charge on any atom is -0.494 e. The van der Waals surface area contributed by atoms with Crippen molar-refractivity contribution in [3.8, 4) is 11.5 Å². The van der Waals surface area contributed by atoms with Crippen LogP contribution in [0.1, 0.15) is 97.4 Å². The lowest BCUT2D eigenvalue weighted by Crippen LogP contribution is -2.08. The first-order valence-corrected chi connectivity index (χ1v) is 14.5. The average Bonchev–Trinajstić information content (AvgIpc) is 2.99. The summed E-state index contributed by atoms with van der Waals surface area (Å²) in [7, 11) is 0. The first-order chi connectivity index (χ1) is 20.0. The topological polar surface area (TPSA) is 95.7 Å². The summed E-state index contributed by atoms with van der Waals surface area (Å²) in [6, 6.07) is 19.2. The monoisotopic (exact) mass is 557 g/mol. The second-order valence-electron chi connectivity index (χ2n) is 9.98. The number of nitrogens with zero attached hydrogens (tertiary/aromatic N) is 1. The van der Waals surface area contributed by atoms with Gasteiger partial charge < -0.3 is 9.47 Å². The summed E-state index contributed by atoms with van der Waals surface area (Å²) in [4.78, 5) is 35.7. The van der Waals surface area contributed by atoms with Crippen LogP contribution in [-0.4, -0.2) is 23.3 Å². The largest absolute Gasteiger partial charge is 0.494 e. The van der Waals surface area contributed by atoms with Gasteiger partial charge in [0.2, 0.25) is 0 Å². The molecular weight excluding hydrogens is 518 g/mol. The number of hydrogen-bond acceptors (Lipinski definition) is 6. The molecule has 0 aliphatic heterocycles. The van der Waals surface area contributed by atoms with Crippen molar-refractivity contribution in [2.75, 3.05) is 6.61 Å². The van der Waals surface area contributed by atoms with Gasteiger partial charge in [0.25, 0.3) is 5.69 Å². The van der Waals surface area contributed by atoms with Gasteiger partial charge in [-0.05, 0) is 73.2 Å². The van der Waals surface area contributed by atoms with Gasteiger partial charge in [0.15, 0.2) is 5.78 Å². The number of esters is 1. The first-order valence-electron chi connectivity index (χ1n) is 14.5. The molecule has 3 rings (SSSR count). The highest BCUT2D eigenvalue weighted by Gasteiger charge is 2.12. The highest BCUT2D eigenvalue weighted by Crippen LogP contribution is 2.21. The Bertz CT molecular complexity index is 1280. The van der Waals surface area contributed by atoms with Gasteiger partial charge in [0, 0.05) is 11.6 Å². The number of carbonyl (C=O) groups excluding carboxylic acids is 2. The first kappa shape index (κ1) is 31.3. The van der Waals surface area contributed by atoms with Crippen LogP contribution in [0.2, 0.25) is 0 Å². The van der Waals surface area contributed by atoms with Crippen LogP contribution in [0.3, 0.4) is 0 Å². The molecule has 7 nitrogen and oxygen atoms in total. The van der Waals surface area contributed by atoms with Gasteiger partial charge in [0.1, 0.15) is 11.5 Å². The summed E-state index contributed by atoms with van der Waals surface area (Å²) in [6.45, 7) is 2.90. The Morgan fingerprint density at radius 3 is 1.93 bits per heavy atom. The molecule has 41 heavy (non-hydrogen) atoms. The van der Waals surface area contributed by atoms with Gasteiger partial charge in [-0.2, -0.15) is 0 Å². The summed E-state index contributed by atoms with van der Waals surface area (Å²) in [5.74, 6) is 0.181. The number of unbranched alkanes of at least 4 members (excludes halogenated alkanes) is 9. The van der Waals surface area contributed by atoms with Crippen molar-refractivity contribution >= 4 is 23.5 Å². The molecule has 0 bridgehead atoms. The highest BCUT2D eigenvalue weighted by atomic mass is 16.6. The zero-order valence-electron chi connectivity index (χ0n) is 23.8. The van der Waals surface area contributed by atoms with Gasteiger partial charge in [0.05, 0.1) is 22.7 Å². The molecule has 0 atom stereocenters. The van der Waals surface area contributed by atoms with E-state index in [2.05, 4.69) is 6.92 Å². The quantitative estimate of drug-likeness (QED) is 0.0294. The van der Waals surface area contributed by atoms with E-state index >= 15 is 0 Å². The maximum Gasteiger partial charge on any atom is 0.343 e. The zero-order chi connectivity index (χ0) is 29.3. The Kier molecular flexibility index (Phi) is 13.3. The number of hydrogen-bond donors (Lipinski definition) is 0. The Labute approximate surface area is 242 Å². The molecule has 3 aromatic carbocycles. The van der Waals surface area contributed by atoms with Crippen molar-refractivity contribution in [1.29, 1.82) is 0 Å². The third kappa shape index (κ3) is 11.0. The number of para-hydroxylation sites is 1. The van der Waals surface area contributed by atoms with Crippen LogP contribution in [0.15, 0.2) is 78.9 Å². The molecule has 0 aliphatic carbocycles. The predicted molar refractivity (Wildman–Crippen MR) is 162 cm³/mol. The molecule has 0 N–H and O–H groups in total. The molecule has 3 aromatic rings. The number of nitro groups is 1. The van der Waals surface area contributed by atoms with Crippen LogP contribution >= 0.6 is 0 Å². The van der Waals surface area contributed by atoms with Crippen LogP contribution in [-0.2, 0) is 0 Å². The van der Waals surface area contributed by atoms with Crippen LogP contribution in [0, 0.1) is 10.1 Å². The van der Waals surface area contributed by atoms with Gasteiger partial charge in [-0.1, -0.05) is 76.8 Å². The lowest BCUT2D eigenvalue weighted by molar-refractivity contribution is -0.385. The van der Waals surface area contributed by atoms with Crippen LogP contribution in [0.4, 0.5) is 5.69 Å². The van der Waals surface area contributed by atoms with E-state index in [0.717, 1.165) is 12.8 Å². The fraction of sp³-hybridized carbons (Fsp3) is 0.353. The standard InChI is InChI=1S/C34H39NO6/c1-2-3-4-5-6-7-8-9-10-13-26-40-30-21-18-29(19-22-30)34(37)41-31-23-16-28(17-24-31)33(36)25-20-27-14-11-12-15-32(27)35(38)39/h11-12,14-25H,2-10,13,26H2,1H3/b25-20+. The third-order valence-electron chi connectivity index (χ3n) is 6.75. The third-order valence-corrected chi connectivity index (χ3v) is 6.75. The fourth-order valence-corrected chi connectivity index (χ4v) is 4.38. The molecule has 7 heteroatoms. The van der Waals surface area contributed by atoms with E-state index < -0.39 is 10.9 Å². The van der Waals surface area contributed by atoms with Crippen molar-refractivity contribution < 1.29 is 24.0 Å². The van der Waals surface area contributed by atoms with E-state index in [1.807, 2.05) is 0 Å². The van der Waals surface area contributed by atoms with Gasteiger partial charge >= 0.3 is 5.97 Å². The van der Waals surface area contributed by atoms with Gasteiger partial charge in [-0.25, -0.2) is 4.79 Å². The molecule has 216 valence electrons. The minimum atomic E-state index is -0.512. The van der Waals surface area contributed by atoms with Crippen LogP contribution in [0.25, 0.3) is 6.08 Å². The Morgan fingerprint density at radius 2 is 1.29 bits per heavy atom. The molecule has 0 fully saturated rings. The van der Waals surface area contributed by atoms with Gasteiger partial charge in [-0.15, -0.1) is 0 Å². The summed E-state index contributed by atoms with van der Waals surface area (Å²) < 4.78 is 11.2. The Balaban J connectivity index is 1.38. The molecule has 0 heterocycles. The average molecular weight is 558 g/mol. The molecule has 0 saturated carbocycles. The summed E-state index contributed by atoms with van der Waals surface area (Å²) in [5, 5.41) is 11.1. The summed E-state index contributed by atoms with van der Waals surface area (Å²) in [6.07, 6.45) is 15.4. The van der Waals surface area contributed by atoms with Gasteiger partial charge in [-0.3, -0.25) is 14.9 Å². The molecule has 0 spiro atoms. The van der Waals surface area contributed by atoms with Crippen molar-refractivity contribution in [2.45, 2.75) is 71.1 Å². The molecular formula is C34H39NO6. The Morgan fingerprint density at radius 1 is 0.732 bits per heavy atom. The Hall–Kier alpha value is -4.26. The van der Waals surface area contributed by atoms with Crippen molar-refractivity contribution in [1.82, 2.24) is 0 Å². The minimum absolute atomic E-state index is 0.0764. The molecule has 0 saturated heterocycles. The zero-order valence-corrected chi connectivity index (χ0v) is 23.8. The highest BCUT2D eigenvalue weighted by molar-refractivity contribution is 6.07. The maximum atomic E-state index is 12.6. The number of allylic oxidation sites excluding steroid dienone is 1. The normalized spacial score (nSPS) is 11.0. The number of benzene rings is 3. The van der Waals surface area contributed by atoms with E-state index in [1.165, 1.54) is 81.7 Å². The van der Waals surface area contributed by atoms with E-state index in [1.54, 1.807) is 54.6 Å².